The first-order chi connectivity index (χ1) is 21.3. The molecule has 1 saturated heterocycles. The van der Waals surface area contributed by atoms with Gasteiger partial charge in [-0.15, -0.1) is 0 Å². The van der Waals surface area contributed by atoms with Crippen molar-refractivity contribution < 1.29 is 32.2 Å². The maximum absolute atomic E-state index is 13.1. The molecule has 238 valence electrons. The van der Waals surface area contributed by atoms with Gasteiger partial charge in [-0.1, -0.05) is 6.07 Å². The zero-order chi connectivity index (χ0) is 32.4. The standard InChI is InChI=1S/C32H35F3N6O4/c1-20-17-22(10-11-26(20)44-23-8-5-7-21(18-23)32(33,34)35)39-28-27-24(37-19-38-28)12-15-40(27)16-13-36-29(42)25-9-6-14-41(25)30(43)45-31(2,3)4/h5,7-8,10-12,15,17-19,25H,6,9,13-14,16H2,1-4H3,(H,36,42)(H,37,38,39)/t25-/m0/s1. The quantitative estimate of drug-likeness (QED) is 0.222. The highest BCUT2D eigenvalue weighted by Gasteiger charge is 2.36. The summed E-state index contributed by atoms with van der Waals surface area (Å²) in [5, 5.41) is 6.24. The SMILES string of the molecule is Cc1cc(Nc2ncnc3ccn(CCNC(=O)[C@@H]4CCCN4C(=O)OC(C)(C)C)c23)ccc1Oc1cccc(C(F)(F)F)c1. The molecule has 2 amide bonds. The summed E-state index contributed by atoms with van der Waals surface area (Å²) in [5.41, 5.74) is 1.39. The molecule has 10 nitrogen and oxygen atoms in total. The maximum Gasteiger partial charge on any atom is 0.416 e. The van der Waals surface area contributed by atoms with E-state index in [1.54, 1.807) is 39.8 Å². The van der Waals surface area contributed by atoms with Crippen LogP contribution in [0.3, 0.4) is 0 Å². The fourth-order valence-electron chi connectivity index (χ4n) is 5.15. The van der Waals surface area contributed by atoms with Crippen LogP contribution in [0.5, 0.6) is 11.5 Å². The number of fused-ring (bicyclic) bond motifs is 1. The van der Waals surface area contributed by atoms with E-state index < -0.39 is 29.5 Å². The fraction of sp³-hybridized carbons (Fsp3) is 0.375. The number of nitrogens with zero attached hydrogens (tertiary/aromatic N) is 4. The van der Waals surface area contributed by atoms with Crippen LogP contribution < -0.4 is 15.4 Å². The van der Waals surface area contributed by atoms with Crippen molar-refractivity contribution in [3.8, 4) is 11.5 Å². The molecule has 2 aromatic carbocycles. The average Bonchev–Trinajstić information content (AvgIpc) is 3.62. The molecule has 2 N–H and O–H groups in total. The number of carbonyl (C=O) groups is 2. The number of aromatic nitrogens is 3. The largest absolute Gasteiger partial charge is 0.457 e. The van der Waals surface area contributed by atoms with Crippen LogP contribution in [0, 0.1) is 6.92 Å². The van der Waals surface area contributed by atoms with Crippen LogP contribution in [0.1, 0.15) is 44.7 Å². The van der Waals surface area contributed by atoms with E-state index in [1.165, 1.54) is 23.4 Å². The van der Waals surface area contributed by atoms with Crippen LogP contribution in [0.15, 0.2) is 61.1 Å². The van der Waals surface area contributed by atoms with Gasteiger partial charge in [0.2, 0.25) is 5.91 Å². The maximum atomic E-state index is 13.1. The minimum absolute atomic E-state index is 0.0848. The van der Waals surface area contributed by atoms with Gasteiger partial charge in [-0.25, -0.2) is 14.8 Å². The number of alkyl halides is 3. The Kier molecular flexibility index (Phi) is 8.89. The lowest BCUT2D eigenvalue weighted by Gasteiger charge is -2.28. The van der Waals surface area contributed by atoms with Gasteiger partial charge in [-0.05, 0) is 88.6 Å². The Labute approximate surface area is 258 Å². The molecule has 1 aliphatic heterocycles. The van der Waals surface area contributed by atoms with Gasteiger partial charge in [0, 0.05) is 31.5 Å². The van der Waals surface area contributed by atoms with Crippen LogP contribution in [0.2, 0.25) is 0 Å². The number of hydrogen-bond acceptors (Lipinski definition) is 7. The number of halogens is 3. The number of benzene rings is 2. The summed E-state index contributed by atoms with van der Waals surface area (Å²) in [6, 6.07) is 11.2. The Morgan fingerprint density at radius 1 is 1.07 bits per heavy atom. The van der Waals surface area contributed by atoms with Crippen LogP contribution in [-0.2, 0) is 22.3 Å². The molecule has 1 atom stereocenters. The highest BCUT2D eigenvalue weighted by atomic mass is 19.4. The van der Waals surface area contributed by atoms with Gasteiger partial charge in [0.05, 0.1) is 11.1 Å². The molecule has 0 aliphatic carbocycles. The number of nitrogens with one attached hydrogen (secondary N) is 2. The number of carbonyl (C=O) groups excluding carboxylic acids is 2. The lowest BCUT2D eigenvalue weighted by Crippen LogP contribution is -2.48. The van der Waals surface area contributed by atoms with E-state index in [4.69, 9.17) is 9.47 Å². The van der Waals surface area contributed by atoms with Crippen molar-refractivity contribution in [1.82, 2.24) is 24.8 Å². The highest BCUT2D eigenvalue weighted by molar-refractivity contribution is 5.88. The van der Waals surface area contributed by atoms with E-state index in [0.29, 0.717) is 54.4 Å². The molecule has 0 bridgehead atoms. The van der Waals surface area contributed by atoms with Gasteiger partial charge < -0.3 is 24.7 Å². The third kappa shape index (κ3) is 7.65. The molecule has 0 radical (unpaired) electrons. The topological polar surface area (TPSA) is 111 Å². The second kappa shape index (κ2) is 12.7. The van der Waals surface area contributed by atoms with Crippen LogP contribution in [-0.4, -0.2) is 56.2 Å². The Hall–Kier alpha value is -4.81. The fourth-order valence-corrected chi connectivity index (χ4v) is 5.15. The van der Waals surface area contributed by atoms with E-state index in [1.807, 2.05) is 22.9 Å². The van der Waals surface area contributed by atoms with Crippen LogP contribution in [0.4, 0.5) is 29.5 Å². The molecular formula is C32H35F3N6O4. The van der Waals surface area contributed by atoms with Gasteiger partial charge >= 0.3 is 12.3 Å². The van der Waals surface area contributed by atoms with E-state index in [-0.39, 0.29) is 11.7 Å². The second-order valence-electron chi connectivity index (χ2n) is 11.8. The Balaban J connectivity index is 1.24. The number of rotatable bonds is 8. The molecule has 2 aromatic heterocycles. The summed E-state index contributed by atoms with van der Waals surface area (Å²) >= 11 is 0. The lowest BCUT2D eigenvalue weighted by molar-refractivity contribution is -0.137. The van der Waals surface area contributed by atoms with Gasteiger partial charge in [-0.2, -0.15) is 13.2 Å². The first-order valence-corrected chi connectivity index (χ1v) is 14.6. The smallest absolute Gasteiger partial charge is 0.416 e. The van der Waals surface area contributed by atoms with E-state index in [0.717, 1.165) is 24.1 Å². The summed E-state index contributed by atoms with van der Waals surface area (Å²) in [5.74, 6) is 0.808. The van der Waals surface area contributed by atoms with Crippen molar-refractivity contribution in [2.24, 2.45) is 0 Å². The third-order valence-corrected chi connectivity index (χ3v) is 7.21. The zero-order valence-corrected chi connectivity index (χ0v) is 25.4. The Bertz CT molecular complexity index is 1700. The number of amides is 2. The van der Waals surface area contributed by atoms with E-state index in [2.05, 4.69) is 20.6 Å². The molecular weight excluding hydrogens is 589 g/mol. The minimum Gasteiger partial charge on any atom is -0.457 e. The average molecular weight is 625 g/mol. The first-order valence-electron chi connectivity index (χ1n) is 14.6. The molecule has 1 aliphatic rings. The van der Waals surface area contributed by atoms with Crippen LogP contribution >= 0.6 is 0 Å². The predicted octanol–water partition coefficient (Wildman–Crippen LogP) is 6.81. The molecule has 4 aromatic rings. The second-order valence-corrected chi connectivity index (χ2v) is 11.8. The van der Waals surface area contributed by atoms with Crippen molar-refractivity contribution in [1.29, 1.82) is 0 Å². The summed E-state index contributed by atoms with van der Waals surface area (Å²) < 4.78 is 52.5. The Morgan fingerprint density at radius 3 is 2.60 bits per heavy atom. The van der Waals surface area contributed by atoms with Crippen molar-refractivity contribution >= 4 is 34.5 Å². The molecule has 0 saturated carbocycles. The molecule has 5 rings (SSSR count). The highest BCUT2D eigenvalue weighted by Crippen LogP contribution is 2.34. The molecule has 0 spiro atoms. The molecule has 3 heterocycles. The monoisotopic (exact) mass is 624 g/mol. The minimum atomic E-state index is -4.47. The van der Waals surface area contributed by atoms with Crippen molar-refractivity contribution in [2.45, 2.75) is 64.9 Å². The van der Waals surface area contributed by atoms with E-state index in [9.17, 15) is 22.8 Å². The van der Waals surface area contributed by atoms with Gasteiger partial charge in [0.1, 0.15) is 35.0 Å². The number of ether oxygens (including phenoxy) is 2. The molecule has 13 heteroatoms. The molecule has 1 fully saturated rings. The van der Waals surface area contributed by atoms with E-state index >= 15 is 0 Å². The molecule has 45 heavy (non-hydrogen) atoms. The predicted molar refractivity (Wildman–Crippen MR) is 162 cm³/mol. The number of aryl methyl sites for hydroxylation is 1. The molecule has 0 unspecified atom stereocenters. The van der Waals surface area contributed by atoms with Gasteiger partial charge in [-0.3, -0.25) is 9.69 Å². The summed E-state index contributed by atoms with van der Waals surface area (Å²) in [6.07, 6.45) is -0.356. The van der Waals surface area contributed by atoms with Crippen molar-refractivity contribution in [3.63, 3.8) is 0 Å². The van der Waals surface area contributed by atoms with Gasteiger partial charge in [0.25, 0.3) is 0 Å². The summed E-state index contributed by atoms with van der Waals surface area (Å²) in [4.78, 5) is 35.9. The first kappa shape index (κ1) is 31.6. The van der Waals surface area contributed by atoms with Crippen molar-refractivity contribution in [2.75, 3.05) is 18.4 Å². The summed E-state index contributed by atoms with van der Waals surface area (Å²) in [7, 11) is 0. The van der Waals surface area contributed by atoms with Crippen molar-refractivity contribution in [3.05, 3.63) is 72.2 Å². The Morgan fingerprint density at radius 2 is 1.87 bits per heavy atom. The number of likely N-dealkylation sites (tertiary alicyclic amines) is 1. The summed E-state index contributed by atoms with van der Waals surface area (Å²) in [6.45, 7) is 8.39. The van der Waals surface area contributed by atoms with Gasteiger partial charge in [0.15, 0.2) is 5.82 Å². The zero-order valence-electron chi connectivity index (χ0n) is 25.4. The number of hydrogen-bond donors (Lipinski definition) is 2. The lowest BCUT2D eigenvalue weighted by atomic mass is 10.2. The normalized spacial score (nSPS) is 15.3. The van der Waals surface area contributed by atoms with Crippen LogP contribution in [0.25, 0.3) is 11.0 Å². The number of anilines is 2. The third-order valence-electron chi connectivity index (χ3n) is 7.21.